The van der Waals surface area contributed by atoms with Crippen molar-refractivity contribution in [1.29, 1.82) is 0 Å². The highest BCUT2D eigenvalue weighted by molar-refractivity contribution is 6.00. The van der Waals surface area contributed by atoms with Crippen LogP contribution in [0.5, 0.6) is 0 Å². The number of anilines is 1. The Hall–Kier alpha value is -4.47. The normalized spacial score (nSPS) is 10.7. The standard InChI is InChI=1S/C20H15N5O5/c26-16(23-12-5-3-4-11(8-12)18-24-20(29)30-25-18)10-22-19(28)14-9-21-15-7-2-1-6-13(15)17(14)27/h1-9H,10H2,(H,21,27)(H,22,28)(H,23,26)(H,24,25,29). The van der Waals surface area contributed by atoms with Crippen molar-refractivity contribution >= 4 is 28.4 Å². The van der Waals surface area contributed by atoms with E-state index in [0.717, 1.165) is 0 Å². The zero-order chi connectivity index (χ0) is 21.1. The van der Waals surface area contributed by atoms with E-state index in [-0.39, 0.29) is 17.9 Å². The van der Waals surface area contributed by atoms with Crippen LogP contribution in [0.2, 0.25) is 0 Å². The van der Waals surface area contributed by atoms with Crippen LogP contribution in [0.25, 0.3) is 22.3 Å². The average molecular weight is 405 g/mol. The maximum absolute atomic E-state index is 12.5. The number of hydrogen-bond donors (Lipinski definition) is 4. The van der Waals surface area contributed by atoms with Crippen molar-refractivity contribution in [2.45, 2.75) is 0 Å². The first-order valence-electron chi connectivity index (χ1n) is 8.86. The molecule has 10 nitrogen and oxygen atoms in total. The number of fused-ring (bicyclic) bond motifs is 1. The molecule has 150 valence electrons. The third-order valence-corrected chi connectivity index (χ3v) is 4.30. The van der Waals surface area contributed by atoms with Crippen LogP contribution in [0.4, 0.5) is 5.69 Å². The lowest BCUT2D eigenvalue weighted by Gasteiger charge is -2.08. The lowest BCUT2D eigenvalue weighted by Crippen LogP contribution is -2.35. The highest BCUT2D eigenvalue weighted by atomic mass is 16.5. The van der Waals surface area contributed by atoms with Crippen LogP contribution in [0, 0.1) is 0 Å². The molecule has 0 aliphatic carbocycles. The van der Waals surface area contributed by atoms with E-state index in [2.05, 4.69) is 30.3 Å². The van der Waals surface area contributed by atoms with E-state index >= 15 is 0 Å². The molecule has 0 bridgehead atoms. The second-order valence-corrected chi connectivity index (χ2v) is 6.33. The van der Waals surface area contributed by atoms with E-state index in [1.807, 2.05) is 0 Å². The number of aromatic nitrogens is 3. The molecule has 4 rings (SSSR count). The Morgan fingerprint density at radius 1 is 1.07 bits per heavy atom. The lowest BCUT2D eigenvalue weighted by molar-refractivity contribution is -0.115. The van der Waals surface area contributed by atoms with Gasteiger partial charge in [0.1, 0.15) is 5.56 Å². The van der Waals surface area contributed by atoms with Crippen LogP contribution in [-0.2, 0) is 4.79 Å². The maximum atomic E-state index is 12.5. The second-order valence-electron chi connectivity index (χ2n) is 6.33. The maximum Gasteiger partial charge on any atom is 0.439 e. The number of H-pyrrole nitrogens is 2. The molecule has 0 aliphatic rings. The Bertz CT molecular complexity index is 1370. The number of pyridine rings is 1. The van der Waals surface area contributed by atoms with Gasteiger partial charge in [0.05, 0.1) is 6.54 Å². The fourth-order valence-electron chi connectivity index (χ4n) is 2.90. The number of rotatable bonds is 5. The van der Waals surface area contributed by atoms with Crippen molar-refractivity contribution in [2.24, 2.45) is 0 Å². The summed E-state index contributed by atoms with van der Waals surface area (Å²) in [4.78, 5) is 53.4. The number of nitrogens with one attached hydrogen (secondary N) is 4. The molecule has 0 spiro atoms. The van der Waals surface area contributed by atoms with Gasteiger partial charge in [-0.2, -0.15) is 0 Å². The van der Waals surface area contributed by atoms with Crippen molar-refractivity contribution in [3.63, 3.8) is 0 Å². The molecule has 30 heavy (non-hydrogen) atoms. The summed E-state index contributed by atoms with van der Waals surface area (Å²) in [5.74, 6) is -1.62. The van der Waals surface area contributed by atoms with Gasteiger partial charge >= 0.3 is 5.76 Å². The third kappa shape index (κ3) is 3.87. The van der Waals surface area contributed by atoms with E-state index in [1.165, 1.54) is 6.20 Å². The topological polar surface area (TPSA) is 150 Å². The number of hydrogen-bond acceptors (Lipinski definition) is 6. The van der Waals surface area contributed by atoms with Gasteiger partial charge in [-0.05, 0) is 24.3 Å². The van der Waals surface area contributed by atoms with Gasteiger partial charge in [0.25, 0.3) is 5.91 Å². The molecule has 2 aromatic heterocycles. The first-order valence-corrected chi connectivity index (χ1v) is 8.86. The molecule has 2 aromatic carbocycles. The summed E-state index contributed by atoms with van der Waals surface area (Å²) in [6.45, 7) is -0.337. The van der Waals surface area contributed by atoms with E-state index in [9.17, 15) is 19.2 Å². The predicted octanol–water partition coefficient (Wildman–Crippen LogP) is 1.24. The Morgan fingerprint density at radius 3 is 2.70 bits per heavy atom. The molecule has 4 aromatic rings. The number of aromatic amines is 2. The van der Waals surface area contributed by atoms with E-state index in [0.29, 0.717) is 22.2 Å². The van der Waals surface area contributed by atoms with Crippen molar-refractivity contribution in [1.82, 2.24) is 20.4 Å². The first kappa shape index (κ1) is 18.9. The molecular formula is C20H15N5O5. The minimum absolute atomic E-state index is 0.0847. The number of nitrogens with zero attached hydrogens (tertiary/aromatic N) is 1. The van der Waals surface area contributed by atoms with Crippen LogP contribution >= 0.6 is 0 Å². The summed E-state index contributed by atoms with van der Waals surface area (Å²) in [5.41, 5.74) is 1.07. The van der Waals surface area contributed by atoms with Crippen LogP contribution in [0.15, 0.2) is 68.8 Å². The van der Waals surface area contributed by atoms with Gasteiger partial charge in [0.2, 0.25) is 11.3 Å². The molecule has 4 N–H and O–H groups in total. The largest absolute Gasteiger partial charge is 0.439 e. The van der Waals surface area contributed by atoms with Crippen molar-refractivity contribution in [3.05, 3.63) is 81.1 Å². The van der Waals surface area contributed by atoms with E-state index < -0.39 is 23.0 Å². The summed E-state index contributed by atoms with van der Waals surface area (Å²) in [7, 11) is 0. The summed E-state index contributed by atoms with van der Waals surface area (Å²) in [5, 5.41) is 9.02. The van der Waals surface area contributed by atoms with Crippen molar-refractivity contribution < 1.29 is 14.1 Å². The van der Waals surface area contributed by atoms with Gasteiger partial charge in [0, 0.05) is 28.4 Å². The number of carbonyl (C=O) groups excluding carboxylic acids is 2. The fourth-order valence-corrected chi connectivity index (χ4v) is 2.90. The van der Waals surface area contributed by atoms with Crippen LogP contribution in [-0.4, -0.2) is 33.5 Å². The zero-order valence-electron chi connectivity index (χ0n) is 15.4. The van der Waals surface area contributed by atoms with Gasteiger partial charge < -0.3 is 15.6 Å². The predicted molar refractivity (Wildman–Crippen MR) is 108 cm³/mol. The van der Waals surface area contributed by atoms with Gasteiger partial charge in [0.15, 0.2) is 5.82 Å². The van der Waals surface area contributed by atoms with E-state index in [4.69, 9.17) is 0 Å². The monoisotopic (exact) mass is 405 g/mol. The highest BCUT2D eigenvalue weighted by Crippen LogP contribution is 2.18. The summed E-state index contributed by atoms with van der Waals surface area (Å²) in [6, 6.07) is 13.4. The van der Waals surface area contributed by atoms with Gasteiger partial charge in [-0.25, -0.2) is 4.79 Å². The molecule has 0 aliphatic heterocycles. The average Bonchev–Trinajstić information content (AvgIpc) is 3.19. The number of amides is 2. The Labute approximate surface area is 167 Å². The number of para-hydroxylation sites is 1. The molecule has 10 heteroatoms. The minimum Gasteiger partial charge on any atom is -0.360 e. The number of carbonyl (C=O) groups is 2. The molecule has 2 heterocycles. The third-order valence-electron chi connectivity index (χ3n) is 4.30. The molecule has 0 unspecified atom stereocenters. The number of benzene rings is 2. The van der Waals surface area contributed by atoms with Crippen LogP contribution < -0.4 is 21.8 Å². The smallest absolute Gasteiger partial charge is 0.360 e. The zero-order valence-corrected chi connectivity index (χ0v) is 15.4. The van der Waals surface area contributed by atoms with Gasteiger partial charge in [-0.15, -0.1) is 0 Å². The van der Waals surface area contributed by atoms with Crippen LogP contribution in [0.1, 0.15) is 10.4 Å². The highest BCUT2D eigenvalue weighted by Gasteiger charge is 2.14. The van der Waals surface area contributed by atoms with Gasteiger partial charge in [-0.1, -0.05) is 29.4 Å². The molecule has 0 saturated heterocycles. The summed E-state index contributed by atoms with van der Waals surface area (Å²) in [6.07, 6.45) is 1.32. The van der Waals surface area contributed by atoms with Gasteiger partial charge in [-0.3, -0.25) is 23.9 Å². The fraction of sp³-hybridized carbons (Fsp3) is 0.0500. The summed E-state index contributed by atoms with van der Waals surface area (Å²) < 4.78 is 4.46. The Balaban J connectivity index is 1.42. The molecule has 0 radical (unpaired) electrons. The molecule has 0 saturated carbocycles. The van der Waals surface area contributed by atoms with Crippen molar-refractivity contribution in [2.75, 3.05) is 11.9 Å². The SMILES string of the molecule is O=C(CNC(=O)c1c[nH]c2ccccc2c1=O)Nc1cccc(-c2noc(=O)[nH]2)c1. The minimum atomic E-state index is -0.689. The molecular weight excluding hydrogens is 390 g/mol. The molecule has 2 amide bonds. The lowest BCUT2D eigenvalue weighted by atomic mass is 10.1. The van der Waals surface area contributed by atoms with Crippen LogP contribution in [0.3, 0.4) is 0 Å². The molecule has 0 atom stereocenters. The van der Waals surface area contributed by atoms with E-state index in [1.54, 1.807) is 48.5 Å². The van der Waals surface area contributed by atoms with Crippen molar-refractivity contribution in [3.8, 4) is 11.4 Å². The second kappa shape index (κ2) is 7.87. The Kier molecular flexibility index (Phi) is 4.95. The molecule has 0 fully saturated rings. The Morgan fingerprint density at radius 2 is 1.90 bits per heavy atom. The summed E-state index contributed by atoms with van der Waals surface area (Å²) >= 11 is 0. The first-order chi connectivity index (χ1) is 14.5. The quantitative estimate of drug-likeness (QED) is 0.392.